The highest BCUT2D eigenvalue weighted by atomic mass is 19.4. The molecule has 6 aromatic rings. The standard InChI is InChI=1S/C26H30F3NO5.C19H27NO3.C18H12F8O5.C18H22F3NO4.C6H15N.C2HF3O2.C2H2/c1-32-22-9-7-19(8-10-22)16-33-18-23(26(27,28)29)35-24(31)30-13-11-25(12-14-30)15-21(17-34-25)20-5-3-2-4-6-20;1-18(2,3)23-17(21)20-11-9-19(10-12-20)13-16(14-22-19)15-7-5-4-6-8-15;1-28-9-4-2-8(3-5-9)6-29-7-10(18(24,25)26)30-17(27)31-16-14(22)12(20)11(19)13(21)15(16)23;19-18(20,21)15(11-23)26-16(24)22-8-6-17(7-9-22)10-14(12-25-17)13-4-2-1-3-5-13;1-4-7(5-2)6-3;3-2(4,5)1(6)7;1-2/h2-10,21,23H,11-18H2,1H3;4-8,16H,9-14H2,1-3H3;2-5,10H,6-7H2,1H3;1-5,14-15,23H,6-12H2;4-6H2,1-3H3;(H,6,7);1-2H/t21?,23-;;10-;14?,15-;;;/m1.11.../s1. The Balaban J connectivity index is 0.000000256. The average molecular weight is 1890 g/mol. The lowest BCUT2D eigenvalue weighted by molar-refractivity contribution is -0.221. The SMILES string of the molecule is C#C.CC(C)(C)OC(=O)N1CCC2(CC1)CC(c1ccccc1)CO2.CCN(CC)CC.COc1ccc(COC[C@@H](OC(=O)N2CCC3(CC2)CC(c2ccccc2)CO3)C(F)(F)F)cc1.COc1ccc(COC[C@@H](OC(=O)Oc2c(F)c(F)c(F)c(F)c2F)C(F)(F)F)cc1.O=C(O)C(F)(F)F.O=C(O[C@H](CO)C(F)(F)F)N1CCC2(CC1)CC(c1ccccc1)CO2. The Morgan fingerprint density at radius 1 is 0.450 bits per heavy atom. The average Bonchev–Trinajstić information content (AvgIpc) is 1.69. The van der Waals surface area contributed by atoms with Gasteiger partial charge in [-0.1, -0.05) is 136 Å². The lowest BCUT2D eigenvalue weighted by atomic mass is 9.83. The second kappa shape index (κ2) is 50.4. The molecule has 2 N–H and O–H groups in total. The molecule has 0 aromatic heterocycles. The monoisotopic (exact) mass is 1880 g/mol. The number of amides is 3. The molecule has 23 nitrogen and oxygen atoms in total. The van der Waals surface area contributed by atoms with E-state index in [4.69, 9.17) is 57.6 Å². The third-order valence-electron chi connectivity index (χ3n) is 22.0. The topological polar surface area (TPSA) is 250 Å². The van der Waals surface area contributed by atoms with Gasteiger partial charge >= 0.3 is 55.1 Å². The molecule has 6 aromatic carbocycles. The summed E-state index contributed by atoms with van der Waals surface area (Å²) in [7, 11) is 2.93. The van der Waals surface area contributed by atoms with Crippen LogP contribution in [-0.2, 0) is 60.6 Å². The summed E-state index contributed by atoms with van der Waals surface area (Å²) in [5.41, 5.74) is 3.73. The van der Waals surface area contributed by atoms with Crippen LogP contribution in [-0.4, -0.2) is 238 Å². The van der Waals surface area contributed by atoms with Crippen molar-refractivity contribution in [2.45, 2.75) is 196 Å². The van der Waals surface area contributed by atoms with Gasteiger partial charge in [-0.05, 0) is 150 Å². The van der Waals surface area contributed by atoms with Crippen molar-refractivity contribution in [2.24, 2.45) is 0 Å². The highest BCUT2D eigenvalue weighted by molar-refractivity contribution is 5.73. The molecule has 3 amide bonds. The molecule has 726 valence electrons. The summed E-state index contributed by atoms with van der Waals surface area (Å²) >= 11 is 0. The molecule has 0 radical (unpaired) electrons. The Morgan fingerprint density at radius 3 is 1.01 bits per heavy atom. The molecule has 3 unspecified atom stereocenters. The van der Waals surface area contributed by atoms with E-state index in [0.717, 1.165) is 51.8 Å². The highest BCUT2D eigenvalue weighted by Gasteiger charge is 2.51. The van der Waals surface area contributed by atoms with E-state index < -0.39 is 128 Å². The fraction of sp³-hybridized carbons (Fsp3) is 0.527. The van der Waals surface area contributed by atoms with Crippen LogP contribution < -0.4 is 14.2 Å². The van der Waals surface area contributed by atoms with E-state index in [2.05, 4.69) is 101 Å². The molecule has 6 fully saturated rings. The Bertz CT molecular complexity index is 4450. The third kappa shape index (κ3) is 34.3. The number of hydrogen-bond donors (Lipinski definition) is 2. The van der Waals surface area contributed by atoms with E-state index >= 15 is 0 Å². The first kappa shape index (κ1) is 109. The molecule has 12 rings (SSSR count). The van der Waals surface area contributed by atoms with Crippen molar-refractivity contribution in [3.8, 4) is 30.1 Å². The van der Waals surface area contributed by atoms with Crippen LogP contribution in [0.2, 0.25) is 0 Å². The van der Waals surface area contributed by atoms with Crippen molar-refractivity contribution in [1.82, 2.24) is 19.6 Å². The molecule has 6 saturated heterocycles. The molecule has 6 atom stereocenters. The van der Waals surface area contributed by atoms with Gasteiger partial charge in [-0.3, -0.25) is 0 Å². The van der Waals surface area contributed by atoms with Crippen molar-refractivity contribution in [3.05, 3.63) is 196 Å². The van der Waals surface area contributed by atoms with Crippen LogP contribution in [0.1, 0.15) is 145 Å². The fourth-order valence-electron chi connectivity index (χ4n) is 14.6. The molecule has 0 aliphatic carbocycles. The lowest BCUT2D eigenvalue weighted by Gasteiger charge is -2.39. The van der Waals surface area contributed by atoms with E-state index in [1.165, 1.54) is 84.6 Å². The van der Waals surface area contributed by atoms with Gasteiger partial charge in [0.1, 0.15) is 17.1 Å². The summed E-state index contributed by atoms with van der Waals surface area (Å²) in [5.74, 6) is -15.3. The van der Waals surface area contributed by atoms with E-state index in [0.29, 0.717) is 73.4 Å². The molecule has 0 saturated carbocycles. The van der Waals surface area contributed by atoms with Gasteiger partial charge in [0.05, 0.1) is 83.9 Å². The van der Waals surface area contributed by atoms with Crippen molar-refractivity contribution in [3.63, 3.8) is 0 Å². The number of terminal acetylenes is 1. The number of hydrogen-bond acceptors (Lipinski definition) is 19. The van der Waals surface area contributed by atoms with E-state index in [-0.39, 0.29) is 68.2 Å². The number of carbonyl (C=O) groups is 5. The van der Waals surface area contributed by atoms with E-state index in [1.54, 1.807) is 24.3 Å². The number of aliphatic hydroxyl groups excluding tert-OH is 1. The number of rotatable bonds is 21. The maximum atomic E-state index is 13.5. The van der Waals surface area contributed by atoms with Crippen LogP contribution in [0.4, 0.5) is 93.8 Å². The Kier molecular flexibility index (Phi) is 42.1. The Hall–Kier alpha value is -10.4. The summed E-state index contributed by atoms with van der Waals surface area (Å²) in [6.07, 6.45) is -17.4. The van der Waals surface area contributed by atoms with Gasteiger partial charge in [0.15, 0.2) is 0 Å². The molecule has 131 heavy (non-hydrogen) atoms. The number of carboxylic acids is 1. The fourth-order valence-corrected chi connectivity index (χ4v) is 14.6. The first-order valence-electron chi connectivity index (χ1n) is 41.7. The number of methoxy groups -OCH3 is 2. The first-order valence-corrected chi connectivity index (χ1v) is 41.7. The third-order valence-corrected chi connectivity index (χ3v) is 22.0. The van der Waals surface area contributed by atoms with Gasteiger partial charge < -0.3 is 86.7 Å². The van der Waals surface area contributed by atoms with Crippen molar-refractivity contribution < 1.29 is 166 Å². The molecule has 0 bridgehead atoms. The zero-order valence-electron chi connectivity index (χ0n) is 73.3. The molecule has 3 spiro atoms. The summed E-state index contributed by atoms with van der Waals surface area (Å²) in [6.45, 7) is 16.7. The zero-order valence-corrected chi connectivity index (χ0v) is 73.3. The lowest BCUT2D eigenvalue weighted by Crippen LogP contribution is -2.49. The highest BCUT2D eigenvalue weighted by Crippen LogP contribution is 2.47. The van der Waals surface area contributed by atoms with Crippen molar-refractivity contribution in [1.29, 1.82) is 0 Å². The second-order valence-corrected chi connectivity index (χ2v) is 31.9. The molecule has 40 heteroatoms. The minimum Gasteiger partial charge on any atom is -0.497 e. The van der Waals surface area contributed by atoms with Gasteiger partial charge in [0.25, 0.3) is 0 Å². The minimum absolute atomic E-state index is 0.0414. The maximum Gasteiger partial charge on any atom is 0.514 e. The number of aliphatic hydroxyl groups is 1. The number of carbonyl (C=O) groups excluding carboxylic acids is 4. The van der Waals surface area contributed by atoms with Crippen LogP contribution in [0.5, 0.6) is 17.2 Å². The first-order chi connectivity index (χ1) is 61.7. The van der Waals surface area contributed by atoms with Crippen molar-refractivity contribution in [2.75, 3.05) is 113 Å². The van der Waals surface area contributed by atoms with E-state index in [1.807, 2.05) is 68.1 Å². The Labute approximate surface area is 747 Å². The summed E-state index contributed by atoms with van der Waals surface area (Å²) < 4.78 is 276. The largest absolute Gasteiger partial charge is 0.514 e. The van der Waals surface area contributed by atoms with Crippen LogP contribution >= 0.6 is 0 Å². The van der Waals surface area contributed by atoms with Crippen LogP contribution in [0.15, 0.2) is 140 Å². The van der Waals surface area contributed by atoms with Gasteiger partial charge in [0.2, 0.25) is 53.1 Å². The molecular formula is C91H109F17N4O19. The van der Waals surface area contributed by atoms with Gasteiger partial charge in [-0.15, -0.1) is 12.8 Å². The smallest absolute Gasteiger partial charge is 0.497 e. The molecule has 6 heterocycles. The predicted molar refractivity (Wildman–Crippen MR) is 441 cm³/mol. The van der Waals surface area contributed by atoms with E-state index in [9.17, 15) is 93.8 Å². The summed E-state index contributed by atoms with van der Waals surface area (Å²) in [4.78, 5) is 63.8. The molecule has 6 aliphatic rings. The summed E-state index contributed by atoms with van der Waals surface area (Å²) in [5, 5.41) is 15.9. The van der Waals surface area contributed by atoms with Gasteiger partial charge in [-0.2, -0.15) is 61.5 Å². The predicted octanol–water partition coefficient (Wildman–Crippen LogP) is 19.6. The normalized spacial score (nSPS) is 18.5. The number of halogens is 17. The zero-order chi connectivity index (χ0) is 97.3. The number of piperidine rings is 3. The Morgan fingerprint density at radius 2 is 0.740 bits per heavy atom. The maximum absolute atomic E-state index is 13.5. The molecule has 6 aliphatic heterocycles. The number of carboxylic acid groups (broad SMARTS) is 1. The number of aliphatic carboxylic acids is 1. The number of likely N-dealkylation sites (tertiary alicyclic amines) is 3. The second-order valence-electron chi connectivity index (χ2n) is 31.9. The van der Waals surface area contributed by atoms with Crippen LogP contribution in [0.3, 0.4) is 0 Å². The van der Waals surface area contributed by atoms with Gasteiger partial charge in [-0.25, -0.2) is 37.1 Å². The van der Waals surface area contributed by atoms with Crippen LogP contribution in [0.25, 0.3) is 0 Å². The quantitative estimate of drug-likeness (QED) is 0.0129. The number of alkyl halides is 12. The minimum atomic E-state index is -5.20. The number of benzene rings is 6. The number of nitrogens with zero attached hydrogens (tertiary/aromatic N) is 4. The van der Waals surface area contributed by atoms with Crippen molar-refractivity contribution >= 4 is 30.4 Å². The molecular weight excluding hydrogens is 1780 g/mol. The van der Waals surface area contributed by atoms with Gasteiger partial charge in [0, 0.05) is 57.0 Å². The van der Waals surface area contributed by atoms with Crippen LogP contribution in [0, 0.1) is 41.9 Å². The number of ether oxygens (including phenoxy) is 12. The summed E-state index contributed by atoms with van der Waals surface area (Å²) in [6, 6.07) is 43.5.